The van der Waals surface area contributed by atoms with Gasteiger partial charge < -0.3 is 24.5 Å². The number of allylic oxidation sites excluding steroid dienone is 8. The largest absolute Gasteiger partial charge is 0.369 e. The SMILES string of the molecule is Cc1ccc(C)c(N2CCN(CC3CC=CCC3)CC2)c1.Cc1ccc(C)c(N2CCN(CC3CCCCC3)CC2)c1.Clc1ccccc1N1CCN(CC2CC3C=CC2C3)CC1.Clc1ccccc1N1CCN(CC2CC=CCC2)CC1.Fc1ccc(N2CCN(CC3CC4C=CC3C4)CC2)cc1. The Kier molecular flexibility index (Phi) is 28.3. The van der Waals surface area contributed by atoms with Crippen molar-refractivity contribution in [2.45, 2.75) is 124 Å². The van der Waals surface area contributed by atoms with E-state index in [2.05, 4.69) is 186 Å². The fourth-order valence-electron chi connectivity index (χ4n) is 19.4. The monoisotopic (exact) mass is 1450 g/mol. The van der Waals surface area contributed by atoms with Crippen LogP contribution in [0.5, 0.6) is 0 Å². The molecule has 8 unspecified atom stereocenters. The Balaban J connectivity index is 0.000000116. The van der Waals surface area contributed by atoms with Crippen LogP contribution in [0.15, 0.2) is 158 Å². The first-order valence-corrected chi connectivity index (χ1v) is 42.0. The Morgan fingerprint density at radius 1 is 0.346 bits per heavy atom. The number of hydrogen-bond donors (Lipinski definition) is 0. The van der Waals surface area contributed by atoms with E-state index >= 15 is 0 Å². The van der Waals surface area contributed by atoms with Crippen LogP contribution in [0.25, 0.3) is 0 Å². The minimum absolute atomic E-state index is 0.151. The molecule has 13 heteroatoms. The molecule has 17 rings (SSSR count). The number of halogens is 3. The third kappa shape index (κ3) is 21.8. The number of fused-ring (bicyclic) bond motifs is 4. The Morgan fingerprint density at radius 3 is 1.09 bits per heavy atom. The highest BCUT2D eigenvalue weighted by atomic mass is 35.5. The van der Waals surface area contributed by atoms with Crippen LogP contribution in [0.3, 0.4) is 0 Å². The maximum atomic E-state index is 13.0. The Labute approximate surface area is 637 Å². The van der Waals surface area contributed by atoms with Crippen LogP contribution >= 0.6 is 23.2 Å². The van der Waals surface area contributed by atoms with E-state index in [-0.39, 0.29) is 5.82 Å². The second kappa shape index (κ2) is 38.4. The summed E-state index contributed by atoms with van der Waals surface area (Å²) in [5.41, 5.74) is 12.0. The Hall–Kier alpha value is -5.63. The van der Waals surface area contributed by atoms with E-state index in [1.807, 2.05) is 36.4 Å². The molecular formula is C91H127Cl2FN10. The fourth-order valence-corrected chi connectivity index (χ4v) is 20.0. The van der Waals surface area contributed by atoms with Crippen molar-refractivity contribution in [3.05, 3.63) is 196 Å². The molecule has 5 saturated heterocycles. The zero-order valence-corrected chi connectivity index (χ0v) is 65.6. The molecule has 7 aliphatic carbocycles. The van der Waals surface area contributed by atoms with Gasteiger partial charge in [0.15, 0.2) is 0 Å². The lowest BCUT2D eigenvalue weighted by molar-refractivity contribution is 0.192. The molecule has 5 heterocycles. The minimum Gasteiger partial charge on any atom is -0.369 e. The molecule has 104 heavy (non-hydrogen) atoms. The highest BCUT2D eigenvalue weighted by molar-refractivity contribution is 6.33. The van der Waals surface area contributed by atoms with E-state index in [4.69, 9.17) is 23.2 Å². The van der Waals surface area contributed by atoms with Gasteiger partial charge >= 0.3 is 0 Å². The maximum absolute atomic E-state index is 13.0. The van der Waals surface area contributed by atoms with Crippen LogP contribution in [0.4, 0.5) is 32.8 Å². The summed E-state index contributed by atoms with van der Waals surface area (Å²) in [7, 11) is 0. The molecule has 0 N–H and O–H groups in total. The van der Waals surface area contributed by atoms with Crippen LogP contribution in [0.2, 0.25) is 10.0 Å². The van der Waals surface area contributed by atoms with Gasteiger partial charge in [-0.1, -0.05) is 140 Å². The number of anilines is 5. The first kappa shape index (κ1) is 76.6. The lowest BCUT2D eigenvalue weighted by atomic mass is 9.89. The number of hydrogen-bond acceptors (Lipinski definition) is 10. The zero-order valence-electron chi connectivity index (χ0n) is 64.1. The number of benzene rings is 5. The quantitative estimate of drug-likeness (QED) is 0.0946. The van der Waals surface area contributed by atoms with E-state index in [9.17, 15) is 4.39 Å². The fraction of sp³-hybridized carbons (Fsp3) is 0.582. The van der Waals surface area contributed by atoms with Gasteiger partial charge in [0.05, 0.1) is 21.4 Å². The van der Waals surface area contributed by atoms with Crippen molar-refractivity contribution >= 4 is 51.6 Å². The van der Waals surface area contributed by atoms with Crippen molar-refractivity contribution in [1.82, 2.24) is 24.5 Å². The number of nitrogens with zero attached hydrogens (tertiary/aromatic N) is 10. The van der Waals surface area contributed by atoms with E-state index in [0.717, 1.165) is 134 Å². The highest BCUT2D eigenvalue weighted by Gasteiger charge is 2.38. The molecule has 8 fully saturated rings. The third-order valence-corrected chi connectivity index (χ3v) is 26.3. The standard InChI is InChI=1S/C19H30N2.C19H28N2.C18H23ClN2.C18H23FN2.C17H23ClN2/c2*1-16-8-9-17(2)19(14-16)21-12-10-20(11-13-21)15-18-6-4-3-5-7-18;19-17-3-1-2-4-18(17)21-9-7-20(8-10-21)13-16-12-14-5-6-15(16)11-14;19-17-3-5-18(6-4-17)21-9-7-20(8-10-21)13-16-12-14-1-2-15(16)11-14;18-16-8-4-5-9-17(16)20-12-10-19(11-13-20)14-15-6-2-1-3-7-15/h8-9,14,18H,3-7,10-13,15H2,1-2H3;3-4,8-9,14,18H,5-7,10-13,15H2,1-2H3;2*1-6,14-16H,7-13H2;1-2,4-5,8-9,15H,3,6-7,10-14H2. The molecule has 10 nitrogen and oxygen atoms in total. The van der Waals surface area contributed by atoms with E-state index in [1.165, 1.54) is 239 Å². The minimum atomic E-state index is -0.151. The third-order valence-electron chi connectivity index (χ3n) is 25.7. The summed E-state index contributed by atoms with van der Waals surface area (Å²) in [6, 6.07) is 37.0. The predicted molar refractivity (Wildman–Crippen MR) is 442 cm³/mol. The Morgan fingerprint density at radius 2 is 0.721 bits per heavy atom. The highest BCUT2D eigenvalue weighted by Crippen LogP contribution is 2.45. The first-order chi connectivity index (χ1) is 50.8. The molecule has 5 aliphatic heterocycles. The molecule has 0 amide bonds. The molecule has 0 aromatic heterocycles. The van der Waals surface area contributed by atoms with Crippen molar-refractivity contribution < 1.29 is 4.39 Å². The summed E-state index contributed by atoms with van der Waals surface area (Å²) in [6.45, 7) is 38.4. The van der Waals surface area contributed by atoms with E-state index in [1.54, 1.807) is 12.1 Å². The summed E-state index contributed by atoms with van der Waals surface area (Å²) >= 11 is 12.6. The van der Waals surface area contributed by atoms with E-state index in [0.29, 0.717) is 0 Å². The van der Waals surface area contributed by atoms with Crippen molar-refractivity contribution in [3.8, 4) is 0 Å². The van der Waals surface area contributed by atoms with Crippen molar-refractivity contribution in [1.29, 1.82) is 0 Å². The number of rotatable bonds is 15. The molecule has 8 atom stereocenters. The first-order valence-electron chi connectivity index (χ1n) is 41.3. The summed E-state index contributed by atoms with van der Waals surface area (Å²) in [5, 5.41) is 1.75. The average Bonchev–Trinajstić information content (AvgIpc) is 1.47. The lowest BCUT2D eigenvalue weighted by Crippen LogP contribution is -2.48. The zero-order chi connectivity index (χ0) is 71.6. The summed E-state index contributed by atoms with van der Waals surface area (Å²) < 4.78 is 13.0. The summed E-state index contributed by atoms with van der Waals surface area (Å²) in [5.74, 6) is 7.87. The van der Waals surface area contributed by atoms with Gasteiger partial charge in [-0.2, -0.15) is 0 Å². The molecule has 0 spiro atoms. The van der Waals surface area contributed by atoms with E-state index < -0.39 is 0 Å². The molecule has 12 aliphatic rings. The van der Waals surface area contributed by atoms with Crippen molar-refractivity contribution in [3.63, 3.8) is 0 Å². The number of piperazine rings is 5. The lowest BCUT2D eigenvalue weighted by Gasteiger charge is -2.39. The predicted octanol–water partition coefficient (Wildman–Crippen LogP) is 18.4. The maximum Gasteiger partial charge on any atom is 0.123 e. The van der Waals surface area contributed by atoms with Crippen LogP contribution in [-0.2, 0) is 0 Å². The van der Waals surface area contributed by atoms with Gasteiger partial charge in [-0.15, -0.1) is 0 Å². The summed E-state index contributed by atoms with van der Waals surface area (Å²) in [6.07, 6.45) is 40.0. The van der Waals surface area contributed by atoms with Crippen LogP contribution in [-0.4, -0.2) is 188 Å². The number of aryl methyl sites for hydroxylation is 4. The van der Waals surface area contributed by atoms with Gasteiger partial charge in [-0.3, -0.25) is 24.5 Å². The molecule has 5 aromatic rings. The molecule has 5 aromatic carbocycles. The molecule has 4 bridgehead atoms. The van der Waals surface area contributed by atoms with Crippen molar-refractivity contribution in [2.24, 2.45) is 53.3 Å². The summed E-state index contributed by atoms with van der Waals surface area (Å²) in [4.78, 5) is 25.7. The smallest absolute Gasteiger partial charge is 0.123 e. The van der Waals surface area contributed by atoms with Crippen molar-refractivity contribution in [2.75, 3.05) is 188 Å². The second-order valence-corrected chi connectivity index (χ2v) is 34.1. The van der Waals surface area contributed by atoms with Gasteiger partial charge in [0.2, 0.25) is 0 Å². The van der Waals surface area contributed by atoms with Gasteiger partial charge in [0, 0.05) is 181 Å². The Bertz CT molecular complexity index is 3550. The van der Waals surface area contributed by atoms with Crippen LogP contribution in [0.1, 0.15) is 119 Å². The van der Waals surface area contributed by atoms with Crippen LogP contribution in [0, 0.1) is 86.8 Å². The van der Waals surface area contributed by atoms with Gasteiger partial charge in [0.25, 0.3) is 0 Å². The molecule has 3 saturated carbocycles. The van der Waals surface area contributed by atoms with Gasteiger partial charge in [-0.25, -0.2) is 4.39 Å². The second-order valence-electron chi connectivity index (χ2n) is 33.3. The molecular weight excluding hydrogens is 1320 g/mol. The molecule has 562 valence electrons. The number of para-hydroxylation sites is 2. The topological polar surface area (TPSA) is 32.4 Å². The average molecular weight is 1450 g/mol. The molecule has 0 radical (unpaired) electrons. The van der Waals surface area contributed by atoms with Gasteiger partial charge in [-0.05, 0) is 241 Å². The van der Waals surface area contributed by atoms with Crippen LogP contribution < -0.4 is 24.5 Å². The normalized spacial score (nSPS) is 26.7. The van der Waals surface area contributed by atoms with Gasteiger partial charge in [0.1, 0.15) is 5.82 Å².